The molecule has 5 rings (SSSR count). The maximum absolute atomic E-state index is 3.73. The molecule has 0 aliphatic carbocycles. The van der Waals surface area contributed by atoms with Crippen LogP contribution in [0.3, 0.4) is 0 Å². The first kappa shape index (κ1) is 30.9. The molecule has 1 N–H and O–H groups in total. The fourth-order valence-electron chi connectivity index (χ4n) is 5.82. The minimum Gasteiger partial charge on any atom is -0.309 e. The summed E-state index contributed by atoms with van der Waals surface area (Å²) in [6, 6.07) is 49.9. The van der Waals surface area contributed by atoms with Gasteiger partial charge in [0, 0.05) is 13.1 Å². The van der Waals surface area contributed by atoms with Crippen molar-refractivity contribution in [3.63, 3.8) is 0 Å². The van der Waals surface area contributed by atoms with Crippen LogP contribution in [0.5, 0.6) is 0 Å². The summed E-state index contributed by atoms with van der Waals surface area (Å²) in [5.74, 6) is 0. The quantitative estimate of drug-likeness (QED) is 0.170. The van der Waals surface area contributed by atoms with E-state index in [1.54, 1.807) is 0 Å². The lowest BCUT2D eigenvalue weighted by Gasteiger charge is -2.28. The Morgan fingerprint density at radius 3 is 1.21 bits per heavy atom. The molecule has 0 fully saturated rings. The van der Waals surface area contributed by atoms with Gasteiger partial charge in [0.1, 0.15) is 23.2 Å². The molecule has 5 aromatic carbocycles. The van der Waals surface area contributed by atoms with Gasteiger partial charge >= 0.3 is 0 Å². The maximum atomic E-state index is 3.73. The molecule has 0 atom stereocenters. The lowest BCUT2D eigenvalue weighted by molar-refractivity contribution is 0.564. The van der Waals surface area contributed by atoms with E-state index in [0.717, 1.165) is 19.3 Å². The molecule has 220 valence electrons. The number of hydrogen-bond acceptors (Lipinski definition) is 1. The predicted octanol–water partition coefficient (Wildman–Crippen LogP) is 9.07. The second kappa shape index (κ2) is 13.0. The summed E-state index contributed by atoms with van der Waals surface area (Å²) in [5.41, 5.74) is 7.12. The third-order valence-corrected chi connectivity index (χ3v) is 12.8. The Balaban J connectivity index is 1.38. The van der Waals surface area contributed by atoms with Crippen molar-refractivity contribution in [3.05, 3.63) is 161 Å². The summed E-state index contributed by atoms with van der Waals surface area (Å²) in [4.78, 5) is 0. The third kappa shape index (κ3) is 7.35. The van der Waals surface area contributed by atoms with Gasteiger partial charge in [0.25, 0.3) is 0 Å². The topological polar surface area (TPSA) is 12.0 Å². The van der Waals surface area contributed by atoms with E-state index in [0.29, 0.717) is 0 Å². The molecule has 0 aliphatic rings. The van der Waals surface area contributed by atoms with Crippen LogP contribution in [0.1, 0.15) is 69.4 Å². The smallest absolute Gasteiger partial charge is 0.116 e. The van der Waals surface area contributed by atoms with Gasteiger partial charge in [-0.3, -0.25) is 0 Å². The molecule has 0 bridgehead atoms. The Hall–Kier alpha value is -3.51. The van der Waals surface area contributed by atoms with Crippen molar-refractivity contribution >= 4 is 23.2 Å². The number of hydrogen-bond donors (Lipinski definition) is 1. The zero-order valence-corrected chi connectivity index (χ0v) is 27.7. The molecule has 1 nitrogen and oxygen atoms in total. The zero-order chi connectivity index (χ0) is 30.5. The van der Waals surface area contributed by atoms with E-state index in [1.807, 2.05) is 0 Å². The number of nitrogens with one attached hydrogen (secondary N) is 1. The first-order valence-electron chi connectivity index (χ1n) is 15.5. The zero-order valence-electron chi connectivity index (χ0n) is 26.8. The summed E-state index contributed by atoms with van der Waals surface area (Å²) < 4.78 is 0. The van der Waals surface area contributed by atoms with E-state index in [-0.39, 0.29) is 10.8 Å². The van der Waals surface area contributed by atoms with E-state index in [2.05, 4.69) is 180 Å². The van der Waals surface area contributed by atoms with E-state index >= 15 is 0 Å². The average molecular weight is 585 g/mol. The van der Waals surface area contributed by atoms with Crippen LogP contribution in [0.15, 0.2) is 133 Å². The van der Waals surface area contributed by atoms with Crippen molar-refractivity contribution < 1.29 is 0 Å². The molecular weight excluding hydrogens is 537 g/mol. The van der Waals surface area contributed by atoms with Crippen LogP contribution in [-0.2, 0) is 30.1 Å². The molecule has 0 heterocycles. The molecule has 0 aliphatic heterocycles. The highest BCUT2D eigenvalue weighted by Gasteiger charge is 2.45. The maximum Gasteiger partial charge on any atom is 0.116 e. The molecule has 2 heteroatoms. The van der Waals surface area contributed by atoms with Crippen molar-refractivity contribution in [2.45, 2.75) is 71.6 Å². The average Bonchev–Trinajstić information content (AvgIpc) is 3.01. The molecular formula is C41H47NP+. The molecule has 43 heavy (non-hydrogen) atoms. The fraction of sp³-hybridized carbons (Fsp3) is 0.268. The second-order valence-electron chi connectivity index (χ2n) is 13.8. The Morgan fingerprint density at radius 1 is 0.442 bits per heavy atom. The Labute approximate surface area is 260 Å². The molecule has 0 amide bonds. The summed E-state index contributed by atoms with van der Waals surface area (Å²) in [6.07, 6.45) is 0.994. The van der Waals surface area contributed by atoms with Gasteiger partial charge in [-0.15, -0.1) is 0 Å². The predicted molar refractivity (Wildman–Crippen MR) is 190 cm³/mol. The van der Waals surface area contributed by atoms with Crippen molar-refractivity contribution in [2.24, 2.45) is 0 Å². The van der Waals surface area contributed by atoms with Crippen LogP contribution in [-0.4, -0.2) is 0 Å². The summed E-state index contributed by atoms with van der Waals surface area (Å²) in [7, 11) is -1.90. The van der Waals surface area contributed by atoms with Crippen LogP contribution in [0.2, 0.25) is 0 Å². The second-order valence-corrected chi connectivity index (χ2v) is 17.3. The van der Waals surface area contributed by atoms with Crippen LogP contribution < -0.4 is 21.2 Å². The van der Waals surface area contributed by atoms with Gasteiger partial charge in [0.15, 0.2) is 0 Å². The fourth-order valence-corrected chi connectivity index (χ4v) is 10.1. The van der Waals surface area contributed by atoms with Crippen LogP contribution >= 0.6 is 7.26 Å². The van der Waals surface area contributed by atoms with E-state index in [1.165, 1.54) is 43.7 Å². The van der Waals surface area contributed by atoms with Crippen LogP contribution in [0.25, 0.3) is 0 Å². The summed E-state index contributed by atoms with van der Waals surface area (Å²) in [5, 5.41) is 7.99. The number of benzene rings is 5. The van der Waals surface area contributed by atoms with Crippen molar-refractivity contribution in [1.82, 2.24) is 5.32 Å². The van der Waals surface area contributed by atoms with Crippen molar-refractivity contribution in [3.8, 4) is 0 Å². The highest BCUT2D eigenvalue weighted by atomic mass is 31.2. The standard InChI is InChI=1S/C41H47NP/c1-40(2,3)35-26-34(27-36(28-35)41(4,5)6)30-42-29-32-22-24-33(25-23-32)31-43(37-16-10-7-11-17-37,38-18-12-8-13-19-38)39-20-14-9-15-21-39/h7-28,42H,29-31H2,1-6H3/q+1. The van der Waals surface area contributed by atoms with E-state index in [9.17, 15) is 0 Å². The molecule has 0 spiro atoms. The first-order chi connectivity index (χ1) is 20.6. The van der Waals surface area contributed by atoms with E-state index < -0.39 is 7.26 Å². The number of rotatable bonds is 9. The molecule has 0 unspecified atom stereocenters. The molecule has 0 saturated carbocycles. The minimum absolute atomic E-state index is 0.128. The Morgan fingerprint density at radius 2 is 0.814 bits per heavy atom. The van der Waals surface area contributed by atoms with Crippen LogP contribution in [0.4, 0.5) is 0 Å². The first-order valence-corrected chi connectivity index (χ1v) is 17.5. The highest BCUT2D eigenvalue weighted by molar-refractivity contribution is 7.95. The lowest BCUT2D eigenvalue weighted by atomic mass is 9.79. The van der Waals surface area contributed by atoms with Crippen molar-refractivity contribution in [1.29, 1.82) is 0 Å². The van der Waals surface area contributed by atoms with Gasteiger partial charge in [0.05, 0.1) is 6.16 Å². The normalized spacial score (nSPS) is 12.3. The minimum atomic E-state index is -1.90. The van der Waals surface area contributed by atoms with Gasteiger partial charge in [-0.05, 0) is 75.0 Å². The molecule has 5 aromatic rings. The molecule has 0 radical (unpaired) electrons. The summed E-state index contributed by atoms with van der Waals surface area (Å²) >= 11 is 0. The summed E-state index contributed by atoms with van der Waals surface area (Å²) in [6.45, 7) is 15.5. The largest absolute Gasteiger partial charge is 0.309 e. The van der Waals surface area contributed by atoms with Gasteiger partial charge in [-0.25, -0.2) is 0 Å². The third-order valence-electron chi connectivity index (χ3n) is 8.42. The van der Waals surface area contributed by atoms with Gasteiger partial charge in [0.2, 0.25) is 0 Å². The monoisotopic (exact) mass is 584 g/mol. The van der Waals surface area contributed by atoms with Gasteiger partial charge in [-0.2, -0.15) is 0 Å². The van der Waals surface area contributed by atoms with Gasteiger partial charge < -0.3 is 5.32 Å². The SMILES string of the molecule is CC(C)(C)c1cc(CNCc2ccc(C[P+](c3ccccc3)(c3ccccc3)c3ccccc3)cc2)cc(C(C)(C)C)c1. The van der Waals surface area contributed by atoms with E-state index in [4.69, 9.17) is 0 Å². The molecule has 0 saturated heterocycles. The van der Waals surface area contributed by atoms with Crippen LogP contribution in [0, 0.1) is 0 Å². The Kier molecular flexibility index (Phi) is 9.36. The van der Waals surface area contributed by atoms with Gasteiger partial charge in [-0.1, -0.05) is 139 Å². The lowest BCUT2D eigenvalue weighted by Crippen LogP contribution is -2.32. The Bertz CT molecular complexity index is 1460. The molecule has 0 aromatic heterocycles. The highest BCUT2D eigenvalue weighted by Crippen LogP contribution is 2.58. The van der Waals surface area contributed by atoms with Crippen molar-refractivity contribution in [2.75, 3.05) is 0 Å².